The lowest BCUT2D eigenvalue weighted by molar-refractivity contribution is -0.132. The van der Waals surface area contributed by atoms with Crippen molar-refractivity contribution in [2.75, 3.05) is 13.1 Å². The van der Waals surface area contributed by atoms with Crippen LogP contribution in [-0.4, -0.2) is 36.3 Å². The summed E-state index contributed by atoms with van der Waals surface area (Å²) in [5.74, 6) is 0.109. The van der Waals surface area contributed by atoms with Gasteiger partial charge in [-0.2, -0.15) is 0 Å². The number of carbonyl (C=O) groups is 2. The summed E-state index contributed by atoms with van der Waals surface area (Å²) in [6.45, 7) is 3.00. The maximum Gasteiger partial charge on any atom is 0.219 e. The Labute approximate surface area is 78.3 Å². The van der Waals surface area contributed by atoms with Crippen molar-refractivity contribution < 1.29 is 9.59 Å². The second kappa shape index (κ2) is 4.84. The number of hydrogen-bond donors (Lipinski definition) is 1. The predicted molar refractivity (Wildman–Crippen MR) is 49.1 cm³/mol. The van der Waals surface area contributed by atoms with Gasteiger partial charge in [0.2, 0.25) is 12.3 Å². The molecule has 1 unspecified atom stereocenters. The highest BCUT2D eigenvalue weighted by Crippen LogP contribution is 2.16. The average Bonchev–Trinajstić information content (AvgIpc) is 2.15. The third-order valence-electron chi connectivity index (χ3n) is 2.47. The van der Waals surface area contributed by atoms with E-state index in [1.165, 1.54) is 0 Å². The van der Waals surface area contributed by atoms with Gasteiger partial charge in [0.1, 0.15) is 0 Å². The first-order chi connectivity index (χ1) is 6.25. The summed E-state index contributed by atoms with van der Waals surface area (Å²) < 4.78 is 0. The van der Waals surface area contributed by atoms with Crippen LogP contribution < -0.4 is 5.32 Å². The number of hydrogen-bond acceptors (Lipinski definition) is 2. The van der Waals surface area contributed by atoms with Gasteiger partial charge < -0.3 is 10.2 Å². The quantitative estimate of drug-likeness (QED) is 0.634. The number of piperidine rings is 1. The molecule has 1 aliphatic rings. The van der Waals surface area contributed by atoms with E-state index in [0.29, 0.717) is 13.0 Å². The molecule has 0 aliphatic carbocycles. The molecule has 74 valence electrons. The fourth-order valence-electron chi connectivity index (χ4n) is 1.81. The van der Waals surface area contributed by atoms with E-state index < -0.39 is 0 Å². The number of rotatable bonds is 3. The summed E-state index contributed by atoms with van der Waals surface area (Å²) in [5.41, 5.74) is 0. The molecule has 4 heteroatoms. The van der Waals surface area contributed by atoms with Crippen LogP contribution in [0.3, 0.4) is 0 Å². The van der Waals surface area contributed by atoms with Gasteiger partial charge in [-0.3, -0.25) is 9.59 Å². The highest BCUT2D eigenvalue weighted by Gasteiger charge is 2.23. The zero-order valence-electron chi connectivity index (χ0n) is 7.95. The zero-order chi connectivity index (χ0) is 9.68. The Kier molecular flexibility index (Phi) is 3.73. The molecule has 1 rings (SSSR count). The van der Waals surface area contributed by atoms with E-state index >= 15 is 0 Å². The van der Waals surface area contributed by atoms with Crippen LogP contribution in [0, 0.1) is 0 Å². The number of nitrogens with zero attached hydrogens (tertiary/aromatic N) is 1. The minimum Gasteiger partial charge on any atom is -0.357 e. The Morgan fingerprint density at radius 3 is 3.00 bits per heavy atom. The van der Waals surface area contributed by atoms with Crippen LogP contribution in [-0.2, 0) is 9.59 Å². The summed E-state index contributed by atoms with van der Waals surface area (Å²) in [6, 6.07) is 0.205. The number of amides is 2. The lowest BCUT2D eigenvalue weighted by Gasteiger charge is -2.34. The largest absolute Gasteiger partial charge is 0.357 e. The average molecular weight is 184 g/mol. The van der Waals surface area contributed by atoms with Gasteiger partial charge in [-0.25, -0.2) is 0 Å². The molecule has 0 spiro atoms. The van der Waals surface area contributed by atoms with Crippen molar-refractivity contribution in [1.29, 1.82) is 0 Å². The fraction of sp³-hybridized carbons (Fsp3) is 0.778. The van der Waals surface area contributed by atoms with Gasteiger partial charge in [-0.05, 0) is 19.3 Å². The molecular weight excluding hydrogens is 168 g/mol. The second-order valence-electron chi connectivity index (χ2n) is 3.39. The molecule has 1 saturated heterocycles. The van der Waals surface area contributed by atoms with E-state index in [-0.39, 0.29) is 11.9 Å². The predicted octanol–water partition coefficient (Wildman–Crippen LogP) is 0.133. The van der Waals surface area contributed by atoms with Crippen molar-refractivity contribution in [3.05, 3.63) is 0 Å². The zero-order valence-corrected chi connectivity index (χ0v) is 7.95. The van der Waals surface area contributed by atoms with Gasteiger partial charge in [0, 0.05) is 26.1 Å². The van der Waals surface area contributed by atoms with Gasteiger partial charge in [0.15, 0.2) is 0 Å². The van der Waals surface area contributed by atoms with Crippen molar-refractivity contribution in [3.63, 3.8) is 0 Å². The first-order valence-electron chi connectivity index (χ1n) is 4.70. The van der Waals surface area contributed by atoms with E-state index in [4.69, 9.17) is 0 Å². The van der Waals surface area contributed by atoms with Crippen LogP contribution in [0.1, 0.15) is 26.2 Å². The Balaban J connectivity index is 2.46. The Bertz CT molecular complexity index is 194. The molecule has 1 heterocycles. The normalized spacial score (nSPS) is 22.5. The van der Waals surface area contributed by atoms with Crippen LogP contribution in [0.15, 0.2) is 0 Å². The van der Waals surface area contributed by atoms with E-state index in [0.717, 1.165) is 25.8 Å². The van der Waals surface area contributed by atoms with Crippen LogP contribution in [0.2, 0.25) is 0 Å². The van der Waals surface area contributed by atoms with E-state index in [1.54, 1.807) is 6.92 Å². The molecule has 0 radical (unpaired) electrons. The Morgan fingerprint density at radius 1 is 1.62 bits per heavy atom. The summed E-state index contributed by atoms with van der Waals surface area (Å²) in [4.78, 5) is 23.1. The maximum atomic E-state index is 11.2. The maximum absolute atomic E-state index is 11.2. The van der Waals surface area contributed by atoms with Crippen molar-refractivity contribution in [2.45, 2.75) is 32.2 Å². The standard InChI is InChI=1S/C9H16N2O2/c1-8(13)11-5-3-2-4-9(11)6-10-7-12/h7,9H,2-6H2,1H3,(H,10,12). The topological polar surface area (TPSA) is 49.4 Å². The molecule has 0 saturated carbocycles. The molecule has 4 nitrogen and oxygen atoms in total. The summed E-state index contributed by atoms with van der Waals surface area (Å²) in [7, 11) is 0. The monoisotopic (exact) mass is 184 g/mol. The first-order valence-corrected chi connectivity index (χ1v) is 4.70. The highest BCUT2D eigenvalue weighted by atomic mass is 16.2. The van der Waals surface area contributed by atoms with Crippen LogP contribution in [0.4, 0.5) is 0 Å². The third kappa shape index (κ3) is 2.72. The van der Waals surface area contributed by atoms with Crippen LogP contribution in [0.5, 0.6) is 0 Å². The molecule has 0 aromatic heterocycles. The summed E-state index contributed by atoms with van der Waals surface area (Å²) in [6.07, 6.45) is 3.92. The van der Waals surface area contributed by atoms with Gasteiger partial charge >= 0.3 is 0 Å². The van der Waals surface area contributed by atoms with Crippen molar-refractivity contribution >= 4 is 12.3 Å². The van der Waals surface area contributed by atoms with E-state index in [9.17, 15) is 9.59 Å². The molecule has 0 aromatic rings. The lowest BCUT2D eigenvalue weighted by Crippen LogP contribution is -2.47. The minimum atomic E-state index is 0.109. The molecule has 2 amide bonds. The van der Waals surface area contributed by atoms with Gasteiger partial charge in [0.25, 0.3) is 0 Å². The molecule has 13 heavy (non-hydrogen) atoms. The fourth-order valence-corrected chi connectivity index (χ4v) is 1.81. The molecule has 1 atom stereocenters. The summed E-state index contributed by atoms with van der Waals surface area (Å²) in [5, 5.41) is 2.63. The molecule has 0 bridgehead atoms. The van der Waals surface area contributed by atoms with Crippen LogP contribution in [0.25, 0.3) is 0 Å². The lowest BCUT2D eigenvalue weighted by atomic mass is 10.0. The number of nitrogens with one attached hydrogen (secondary N) is 1. The van der Waals surface area contributed by atoms with Gasteiger partial charge in [-0.1, -0.05) is 0 Å². The Morgan fingerprint density at radius 2 is 2.38 bits per heavy atom. The number of carbonyl (C=O) groups excluding carboxylic acids is 2. The molecular formula is C9H16N2O2. The molecule has 1 fully saturated rings. The van der Waals surface area contributed by atoms with Crippen molar-refractivity contribution in [3.8, 4) is 0 Å². The highest BCUT2D eigenvalue weighted by molar-refractivity contribution is 5.73. The van der Waals surface area contributed by atoms with Crippen molar-refractivity contribution in [1.82, 2.24) is 10.2 Å². The smallest absolute Gasteiger partial charge is 0.219 e. The summed E-state index contributed by atoms with van der Waals surface area (Å²) >= 11 is 0. The third-order valence-corrected chi connectivity index (χ3v) is 2.47. The Hall–Kier alpha value is -1.06. The van der Waals surface area contributed by atoms with Gasteiger partial charge in [-0.15, -0.1) is 0 Å². The van der Waals surface area contributed by atoms with Gasteiger partial charge in [0.05, 0.1) is 0 Å². The SMILES string of the molecule is CC(=O)N1CCCCC1CNC=O. The molecule has 1 N–H and O–H groups in total. The second-order valence-corrected chi connectivity index (χ2v) is 3.39. The molecule has 1 aliphatic heterocycles. The van der Waals surface area contributed by atoms with Crippen molar-refractivity contribution in [2.24, 2.45) is 0 Å². The van der Waals surface area contributed by atoms with E-state index in [1.807, 2.05) is 4.90 Å². The van der Waals surface area contributed by atoms with E-state index in [2.05, 4.69) is 5.32 Å². The first kappa shape index (κ1) is 10.0. The number of likely N-dealkylation sites (tertiary alicyclic amines) is 1. The van der Waals surface area contributed by atoms with Crippen LogP contribution >= 0.6 is 0 Å². The molecule has 0 aromatic carbocycles. The minimum absolute atomic E-state index is 0.109.